The van der Waals surface area contributed by atoms with Crippen LogP contribution in [0.4, 0.5) is 5.69 Å². The normalized spacial score (nSPS) is 17.0. The Labute approximate surface area is 127 Å². The van der Waals surface area contributed by atoms with E-state index in [1.54, 1.807) is 6.92 Å². The SMILES string of the molecule is CCOC(=O)c1cc(NC(=O)CC2COC(=O)C2)ccc1O. The number of hydrogen-bond acceptors (Lipinski definition) is 6. The number of benzene rings is 1. The number of rotatable bonds is 5. The van der Waals surface area contributed by atoms with Gasteiger partial charge in [-0.1, -0.05) is 0 Å². The molecule has 1 amide bonds. The first-order valence-electron chi connectivity index (χ1n) is 6.95. The lowest BCUT2D eigenvalue weighted by atomic mass is 10.0. The van der Waals surface area contributed by atoms with E-state index >= 15 is 0 Å². The highest BCUT2D eigenvalue weighted by molar-refractivity contribution is 5.96. The van der Waals surface area contributed by atoms with Crippen molar-refractivity contribution in [2.45, 2.75) is 19.8 Å². The Morgan fingerprint density at radius 3 is 2.86 bits per heavy atom. The van der Waals surface area contributed by atoms with Crippen LogP contribution in [0.1, 0.15) is 30.1 Å². The number of carbonyl (C=O) groups is 3. The van der Waals surface area contributed by atoms with Crippen LogP contribution in [0.25, 0.3) is 0 Å². The van der Waals surface area contributed by atoms with Crippen molar-refractivity contribution >= 4 is 23.5 Å². The van der Waals surface area contributed by atoms with Gasteiger partial charge in [0.25, 0.3) is 0 Å². The third kappa shape index (κ3) is 3.97. The number of phenolic OH excluding ortho intramolecular Hbond substituents is 1. The summed E-state index contributed by atoms with van der Waals surface area (Å²) in [6, 6.07) is 4.14. The molecule has 2 N–H and O–H groups in total. The summed E-state index contributed by atoms with van der Waals surface area (Å²) in [4.78, 5) is 34.6. The predicted octanol–water partition coefficient (Wildman–Crippen LogP) is 1.46. The fourth-order valence-electron chi connectivity index (χ4n) is 2.16. The number of ether oxygens (including phenoxy) is 2. The molecule has 0 radical (unpaired) electrons. The zero-order valence-electron chi connectivity index (χ0n) is 12.1. The maximum absolute atomic E-state index is 11.9. The highest BCUT2D eigenvalue weighted by Gasteiger charge is 2.26. The number of amides is 1. The Balaban J connectivity index is 2.00. The number of carbonyl (C=O) groups excluding carboxylic acids is 3. The summed E-state index contributed by atoms with van der Waals surface area (Å²) in [6.45, 7) is 2.09. The van der Waals surface area contributed by atoms with Gasteiger partial charge in [-0.25, -0.2) is 4.79 Å². The largest absolute Gasteiger partial charge is 0.507 e. The minimum Gasteiger partial charge on any atom is -0.507 e. The molecule has 0 bridgehead atoms. The summed E-state index contributed by atoms with van der Waals surface area (Å²) in [5.74, 6) is -1.60. The summed E-state index contributed by atoms with van der Waals surface area (Å²) in [6.07, 6.45) is 0.387. The van der Waals surface area contributed by atoms with E-state index in [4.69, 9.17) is 9.47 Å². The molecule has 7 nitrogen and oxygen atoms in total. The van der Waals surface area contributed by atoms with Crippen molar-refractivity contribution in [1.82, 2.24) is 0 Å². The Bertz CT molecular complexity index is 598. The molecule has 1 heterocycles. The predicted molar refractivity (Wildman–Crippen MR) is 76.4 cm³/mol. The third-order valence-electron chi connectivity index (χ3n) is 3.19. The molecule has 0 saturated carbocycles. The molecule has 118 valence electrons. The molecule has 1 unspecified atom stereocenters. The van der Waals surface area contributed by atoms with Gasteiger partial charge in [0, 0.05) is 18.0 Å². The molecule has 1 atom stereocenters. The molecule has 1 aromatic rings. The number of phenols is 1. The van der Waals surface area contributed by atoms with Crippen LogP contribution < -0.4 is 5.32 Å². The number of esters is 2. The van der Waals surface area contributed by atoms with Gasteiger partial charge in [-0.3, -0.25) is 9.59 Å². The van der Waals surface area contributed by atoms with Crippen LogP contribution in [0.2, 0.25) is 0 Å². The van der Waals surface area contributed by atoms with E-state index in [2.05, 4.69) is 5.32 Å². The van der Waals surface area contributed by atoms with Gasteiger partial charge in [-0.05, 0) is 25.1 Å². The molecule has 0 aliphatic carbocycles. The quantitative estimate of drug-likeness (QED) is 0.631. The van der Waals surface area contributed by atoms with Gasteiger partial charge >= 0.3 is 11.9 Å². The Morgan fingerprint density at radius 1 is 1.45 bits per heavy atom. The second-order valence-electron chi connectivity index (χ2n) is 4.96. The second-order valence-corrected chi connectivity index (χ2v) is 4.96. The zero-order chi connectivity index (χ0) is 16.1. The first kappa shape index (κ1) is 15.8. The molecule has 1 saturated heterocycles. The van der Waals surface area contributed by atoms with Crippen LogP contribution in [0.3, 0.4) is 0 Å². The highest BCUT2D eigenvalue weighted by atomic mass is 16.5. The Hall–Kier alpha value is -2.57. The van der Waals surface area contributed by atoms with Crippen LogP contribution in [0.15, 0.2) is 18.2 Å². The minimum atomic E-state index is -0.661. The van der Waals surface area contributed by atoms with Crippen LogP contribution in [-0.4, -0.2) is 36.2 Å². The number of hydrogen-bond donors (Lipinski definition) is 2. The summed E-state index contributed by atoms with van der Waals surface area (Å²) < 4.78 is 9.62. The topological polar surface area (TPSA) is 102 Å². The van der Waals surface area contributed by atoms with Crippen molar-refractivity contribution in [2.75, 3.05) is 18.5 Å². The molecular weight excluding hydrogens is 290 g/mol. The molecule has 0 spiro atoms. The van der Waals surface area contributed by atoms with E-state index in [0.717, 1.165) is 0 Å². The lowest BCUT2D eigenvalue weighted by Crippen LogP contribution is -2.17. The van der Waals surface area contributed by atoms with Gasteiger partial charge in [-0.15, -0.1) is 0 Å². The molecule has 7 heteroatoms. The minimum absolute atomic E-state index is 0.0148. The fraction of sp³-hybridized carbons (Fsp3) is 0.400. The first-order chi connectivity index (χ1) is 10.5. The monoisotopic (exact) mass is 307 g/mol. The first-order valence-corrected chi connectivity index (χ1v) is 6.95. The average Bonchev–Trinajstić information content (AvgIpc) is 2.86. The lowest BCUT2D eigenvalue weighted by Gasteiger charge is -2.10. The van der Waals surface area contributed by atoms with Gasteiger partial charge in [0.2, 0.25) is 5.91 Å². The molecule has 0 aromatic heterocycles. The maximum atomic E-state index is 11.9. The second kappa shape index (κ2) is 6.93. The van der Waals surface area contributed by atoms with Gasteiger partial charge in [0.15, 0.2) is 0 Å². The molecule has 1 aliphatic heterocycles. The Kier molecular flexibility index (Phi) is 4.98. The number of aromatic hydroxyl groups is 1. The van der Waals surface area contributed by atoms with Gasteiger partial charge in [0.1, 0.15) is 11.3 Å². The number of anilines is 1. The average molecular weight is 307 g/mol. The summed E-state index contributed by atoms with van der Waals surface area (Å²) >= 11 is 0. The summed E-state index contributed by atoms with van der Waals surface area (Å²) in [7, 11) is 0. The molecule has 2 rings (SSSR count). The lowest BCUT2D eigenvalue weighted by molar-refractivity contribution is -0.138. The van der Waals surface area contributed by atoms with E-state index in [1.807, 2.05) is 0 Å². The fourth-order valence-corrected chi connectivity index (χ4v) is 2.16. The van der Waals surface area contributed by atoms with Gasteiger partial charge in [0.05, 0.1) is 19.6 Å². The molecule has 1 fully saturated rings. The Morgan fingerprint density at radius 2 is 2.23 bits per heavy atom. The van der Waals surface area contributed by atoms with Crippen molar-refractivity contribution in [3.8, 4) is 5.75 Å². The summed E-state index contributed by atoms with van der Waals surface area (Å²) in [5, 5.41) is 12.3. The molecule has 22 heavy (non-hydrogen) atoms. The van der Waals surface area contributed by atoms with Gasteiger partial charge < -0.3 is 19.9 Å². The highest BCUT2D eigenvalue weighted by Crippen LogP contribution is 2.23. The van der Waals surface area contributed by atoms with E-state index in [9.17, 15) is 19.5 Å². The molecular formula is C15H17NO6. The van der Waals surface area contributed by atoms with Crippen molar-refractivity contribution in [3.63, 3.8) is 0 Å². The van der Waals surface area contributed by atoms with Gasteiger partial charge in [-0.2, -0.15) is 0 Å². The third-order valence-corrected chi connectivity index (χ3v) is 3.19. The standard InChI is InChI=1S/C15H17NO6/c1-2-21-15(20)11-7-10(3-4-12(11)17)16-13(18)5-9-6-14(19)22-8-9/h3-4,7,9,17H,2,5-6,8H2,1H3,(H,16,18). The maximum Gasteiger partial charge on any atom is 0.341 e. The molecule has 1 aliphatic rings. The van der Waals surface area contributed by atoms with Crippen LogP contribution in [0.5, 0.6) is 5.75 Å². The van der Waals surface area contributed by atoms with Crippen molar-refractivity contribution in [2.24, 2.45) is 5.92 Å². The number of nitrogens with one attached hydrogen (secondary N) is 1. The van der Waals surface area contributed by atoms with E-state index in [1.165, 1.54) is 18.2 Å². The zero-order valence-corrected chi connectivity index (χ0v) is 12.1. The van der Waals surface area contributed by atoms with Crippen molar-refractivity contribution in [1.29, 1.82) is 0 Å². The van der Waals surface area contributed by atoms with E-state index in [0.29, 0.717) is 5.69 Å². The van der Waals surface area contributed by atoms with Crippen LogP contribution in [0, 0.1) is 5.92 Å². The summed E-state index contributed by atoms with van der Waals surface area (Å²) in [5.41, 5.74) is 0.357. The van der Waals surface area contributed by atoms with E-state index < -0.39 is 5.97 Å². The number of cyclic esters (lactones) is 1. The van der Waals surface area contributed by atoms with Crippen molar-refractivity contribution in [3.05, 3.63) is 23.8 Å². The smallest absolute Gasteiger partial charge is 0.341 e. The van der Waals surface area contributed by atoms with E-state index in [-0.39, 0.29) is 55.2 Å². The molecule has 1 aromatic carbocycles. The van der Waals surface area contributed by atoms with Crippen molar-refractivity contribution < 1.29 is 29.0 Å². The van der Waals surface area contributed by atoms with Crippen LogP contribution >= 0.6 is 0 Å². The van der Waals surface area contributed by atoms with Crippen LogP contribution in [-0.2, 0) is 19.1 Å².